The molecule has 1 rings (SSSR count). The summed E-state index contributed by atoms with van der Waals surface area (Å²) >= 11 is 0. The van der Waals surface area contributed by atoms with Crippen molar-refractivity contribution in [2.75, 3.05) is 13.2 Å². The fourth-order valence-electron chi connectivity index (χ4n) is 1.43. The zero-order valence-corrected chi connectivity index (χ0v) is 9.36. The average Bonchev–Trinajstić information content (AvgIpc) is 2.18. The summed E-state index contributed by atoms with van der Waals surface area (Å²) in [6.07, 6.45) is 0.643. The number of nitrogens with two attached hydrogens (primary N) is 1. The molecule has 0 aliphatic heterocycles. The van der Waals surface area contributed by atoms with Crippen LogP contribution in [0.4, 0.5) is 0 Å². The topological polar surface area (TPSA) is 55.5 Å². The Labute approximate surface area is 90.9 Å². The van der Waals surface area contributed by atoms with Crippen LogP contribution < -0.4 is 10.5 Å². The Balaban J connectivity index is 2.73. The highest BCUT2D eigenvalue weighted by molar-refractivity contribution is 5.29. The predicted molar refractivity (Wildman–Crippen MR) is 61.0 cm³/mol. The molecule has 1 aromatic carbocycles. The Morgan fingerprint density at radius 2 is 2.20 bits per heavy atom. The van der Waals surface area contributed by atoms with Crippen LogP contribution in [0.1, 0.15) is 19.4 Å². The molecule has 0 radical (unpaired) electrons. The zero-order chi connectivity index (χ0) is 11.3. The fraction of sp³-hybridized carbons (Fsp3) is 0.500. The standard InChI is InChI=1S/C12H19NO2/c1-3-15-11-6-4-5-10(7-11)8-12(2,13)9-14/h4-7,14H,3,8-9,13H2,1-2H3. The van der Waals surface area contributed by atoms with Crippen molar-refractivity contribution in [2.45, 2.75) is 25.8 Å². The smallest absolute Gasteiger partial charge is 0.119 e. The summed E-state index contributed by atoms with van der Waals surface area (Å²) in [6.45, 7) is 4.42. The van der Waals surface area contributed by atoms with Crippen molar-refractivity contribution in [1.82, 2.24) is 0 Å². The van der Waals surface area contributed by atoms with Gasteiger partial charge in [-0.1, -0.05) is 12.1 Å². The zero-order valence-electron chi connectivity index (χ0n) is 9.36. The Bertz CT molecular complexity index is 310. The highest BCUT2D eigenvalue weighted by Crippen LogP contribution is 2.17. The van der Waals surface area contributed by atoms with E-state index in [1.165, 1.54) is 0 Å². The van der Waals surface area contributed by atoms with Gasteiger partial charge in [-0.15, -0.1) is 0 Å². The van der Waals surface area contributed by atoms with Crippen molar-refractivity contribution in [3.63, 3.8) is 0 Å². The number of aliphatic hydroxyl groups excluding tert-OH is 1. The summed E-state index contributed by atoms with van der Waals surface area (Å²) in [7, 11) is 0. The molecule has 0 aliphatic rings. The predicted octanol–water partition coefficient (Wildman–Crippen LogP) is 1.34. The van der Waals surface area contributed by atoms with E-state index in [0.717, 1.165) is 11.3 Å². The molecule has 1 aromatic rings. The van der Waals surface area contributed by atoms with Gasteiger partial charge in [0, 0.05) is 5.54 Å². The molecule has 0 saturated carbocycles. The highest BCUT2D eigenvalue weighted by atomic mass is 16.5. The van der Waals surface area contributed by atoms with E-state index in [2.05, 4.69) is 0 Å². The highest BCUT2D eigenvalue weighted by Gasteiger charge is 2.17. The van der Waals surface area contributed by atoms with E-state index < -0.39 is 5.54 Å². The van der Waals surface area contributed by atoms with Crippen LogP contribution in [0.2, 0.25) is 0 Å². The lowest BCUT2D eigenvalue weighted by Crippen LogP contribution is -2.42. The minimum absolute atomic E-state index is 0.0220. The van der Waals surface area contributed by atoms with Gasteiger partial charge >= 0.3 is 0 Å². The molecule has 3 N–H and O–H groups in total. The van der Waals surface area contributed by atoms with Crippen LogP contribution in [0.5, 0.6) is 5.75 Å². The van der Waals surface area contributed by atoms with E-state index in [4.69, 9.17) is 15.6 Å². The van der Waals surface area contributed by atoms with Crippen LogP contribution in [-0.4, -0.2) is 23.9 Å². The second-order valence-electron chi connectivity index (χ2n) is 4.07. The third-order valence-electron chi connectivity index (χ3n) is 2.18. The normalized spacial score (nSPS) is 14.7. The molecule has 84 valence electrons. The molecule has 0 aromatic heterocycles. The molecule has 0 amide bonds. The van der Waals surface area contributed by atoms with Crippen molar-refractivity contribution in [3.8, 4) is 5.75 Å². The fourth-order valence-corrected chi connectivity index (χ4v) is 1.43. The number of aliphatic hydroxyl groups is 1. The first-order valence-corrected chi connectivity index (χ1v) is 5.19. The number of benzene rings is 1. The summed E-state index contributed by atoms with van der Waals surface area (Å²) in [4.78, 5) is 0. The monoisotopic (exact) mass is 209 g/mol. The molecular formula is C12H19NO2. The van der Waals surface area contributed by atoms with Crippen molar-refractivity contribution < 1.29 is 9.84 Å². The Hall–Kier alpha value is -1.06. The third-order valence-corrected chi connectivity index (χ3v) is 2.18. The SMILES string of the molecule is CCOc1cccc(CC(C)(N)CO)c1. The van der Waals surface area contributed by atoms with Crippen molar-refractivity contribution in [1.29, 1.82) is 0 Å². The second-order valence-corrected chi connectivity index (χ2v) is 4.07. The summed E-state index contributed by atoms with van der Waals surface area (Å²) in [6, 6.07) is 7.81. The first-order valence-electron chi connectivity index (χ1n) is 5.19. The minimum atomic E-state index is -0.565. The van der Waals surface area contributed by atoms with Gasteiger partial charge in [0.1, 0.15) is 5.75 Å². The largest absolute Gasteiger partial charge is 0.494 e. The van der Waals surface area contributed by atoms with Gasteiger partial charge in [-0.2, -0.15) is 0 Å². The molecule has 1 unspecified atom stereocenters. The summed E-state index contributed by atoms with van der Waals surface area (Å²) < 4.78 is 5.39. The minimum Gasteiger partial charge on any atom is -0.494 e. The van der Waals surface area contributed by atoms with Crippen LogP contribution in [-0.2, 0) is 6.42 Å². The molecule has 1 atom stereocenters. The van der Waals surface area contributed by atoms with E-state index in [9.17, 15) is 0 Å². The first kappa shape index (κ1) is 12.0. The average molecular weight is 209 g/mol. The molecule has 0 saturated heterocycles. The molecule has 0 aliphatic carbocycles. The summed E-state index contributed by atoms with van der Waals surface area (Å²) in [5.41, 5.74) is 6.40. The van der Waals surface area contributed by atoms with E-state index in [1.54, 1.807) is 0 Å². The summed E-state index contributed by atoms with van der Waals surface area (Å²) in [5, 5.41) is 9.07. The van der Waals surface area contributed by atoms with Crippen LogP contribution in [0, 0.1) is 0 Å². The number of rotatable bonds is 5. The lowest BCUT2D eigenvalue weighted by Gasteiger charge is -2.21. The van der Waals surface area contributed by atoms with Gasteiger partial charge < -0.3 is 15.6 Å². The van der Waals surface area contributed by atoms with Gasteiger partial charge in [0.05, 0.1) is 13.2 Å². The lowest BCUT2D eigenvalue weighted by molar-refractivity contribution is 0.208. The lowest BCUT2D eigenvalue weighted by atomic mass is 9.95. The Morgan fingerprint density at radius 3 is 2.80 bits per heavy atom. The second kappa shape index (κ2) is 5.14. The van der Waals surface area contributed by atoms with Gasteiger partial charge in [-0.3, -0.25) is 0 Å². The number of hydrogen-bond donors (Lipinski definition) is 2. The molecule has 0 spiro atoms. The van der Waals surface area contributed by atoms with Crippen molar-refractivity contribution in [2.24, 2.45) is 5.73 Å². The first-order chi connectivity index (χ1) is 7.07. The third kappa shape index (κ3) is 3.90. The van der Waals surface area contributed by atoms with Gasteiger partial charge in [0.15, 0.2) is 0 Å². The molecular weight excluding hydrogens is 190 g/mol. The maximum atomic E-state index is 9.07. The maximum Gasteiger partial charge on any atom is 0.119 e. The quantitative estimate of drug-likeness (QED) is 0.769. The van der Waals surface area contributed by atoms with Gasteiger partial charge in [-0.25, -0.2) is 0 Å². The maximum absolute atomic E-state index is 9.07. The van der Waals surface area contributed by atoms with Crippen LogP contribution >= 0.6 is 0 Å². The number of ether oxygens (including phenoxy) is 1. The van der Waals surface area contributed by atoms with Crippen LogP contribution in [0.3, 0.4) is 0 Å². The van der Waals surface area contributed by atoms with Crippen molar-refractivity contribution >= 4 is 0 Å². The van der Waals surface area contributed by atoms with E-state index in [0.29, 0.717) is 13.0 Å². The molecule has 0 heterocycles. The van der Waals surface area contributed by atoms with Crippen LogP contribution in [0.25, 0.3) is 0 Å². The van der Waals surface area contributed by atoms with Gasteiger partial charge in [0.2, 0.25) is 0 Å². The molecule has 0 fully saturated rings. The van der Waals surface area contributed by atoms with Gasteiger partial charge in [-0.05, 0) is 38.0 Å². The van der Waals surface area contributed by atoms with E-state index in [1.807, 2.05) is 38.1 Å². The molecule has 3 heteroatoms. The number of hydrogen-bond acceptors (Lipinski definition) is 3. The van der Waals surface area contributed by atoms with E-state index in [-0.39, 0.29) is 6.61 Å². The molecule has 15 heavy (non-hydrogen) atoms. The van der Waals surface area contributed by atoms with Crippen molar-refractivity contribution in [3.05, 3.63) is 29.8 Å². The molecule has 3 nitrogen and oxygen atoms in total. The van der Waals surface area contributed by atoms with Crippen LogP contribution in [0.15, 0.2) is 24.3 Å². The molecule has 0 bridgehead atoms. The Kier molecular flexibility index (Phi) is 4.12. The van der Waals surface area contributed by atoms with E-state index >= 15 is 0 Å². The van der Waals surface area contributed by atoms with Gasteiger partial charge in [0.25, 0.3) is 0 Å². The Morgan fingerprint density at radius 1 is 1.47 bits per heavy atom. The summed E-state index contributed by atoms with van der Waals surface area (Å²) in [5.74, 6) is 0.851.